The second kappa shape index (κ2) is 4.76. The van der Waals surface area contributed by atoms with Gasteiger partial charge in [0.05, 0.1) is 5.75 Å². The standard InChI is InChI=1S/C9H9BrO4S/c10-8-3-1-7(2-4-8)5-15(13,14)6-9(11)12/h1-4H,5-6H2,(H,11,12). The average Bonchev–Trinajstić information content (AvgIpc) is 2.06. The quantitative estimate of drug-likeness (QED) is 0.912. The number of halogens is 1. The van der Waals surface area contributed by atoms with Crippen LogP contribution in [0.25, 0.3) is 0 Å². The first-order valence-electron chi connectivity index (χ1n) is 4.06. The van der Waals surface area contributed by atoms with Crippen molar-refractivity contribution < 1.29 is 18.3 Å². The zero-order valence-corrected chi connectivity index (χ0v) is 10.1. The molecule has 1 rings (SSSR count). The molecule has 1 aromatic carbocycles. The molecule has 1 N–H and O–H groups in total. The van der Waals surface area contributed by atoms with Crippen LogP contribution >= 0.6 is 15.9 Å². The third-order valence-corrected chi connectivity index (χ3v) is 3.63. The number of carbonyl (C=O) groups is 1. The summed E-state index contributed by atoms with van der Waals surface area (Å²) < 4.78 is 23.5. The molecule has 0 aliphatic rings. The first-order chi connectivity index (χ1) is 6.89. The van der Waals surface area contributed by atoms with Crippen LogP contribution in [0.5, 0.6) is 0 Å². The molecule has 0 radical (unpaired) electrons. The van der Waals surface area contributed by atoms with Crippen LogP contribution in [0.1, 0.15) is 5.56 Å². The summed E-state index contributed by atoms with van der Waals surface area (Å²) in [6, 6.07) is 6.71. The van der Waals surface area contributed by atoms with Gasteiger partial charge >= 0.3 is 5.97 Å². The Kier molecular flexibility index (Phi) is 3.87. The molecule has 0 aliphatic heterocycles. The maximum Gasteiger partial charge on any atom is 0.318 e. The van der Waals surface area contributed by atoms with Crippen molar-refractivity contribution in [3.63, 3.8) is 0 Å². The maximum absolute atomic E-state index is 11.3. The lowest BCUT2D eigenvalue weighted by Crippen LogP contribution is -2.16. The lowest BCUT2D eigenvalue weighted by Gasteiger charge is -2.01. The van der Waals surface area contributed by atoms with E-state index in [0.29, 0.717) is 5.56 Å². The summed E-state index contributed by atoms with van der Waals surface area (Å²) in [6.07, 6.45) is 0. The minimum Gasteiger partial charge on any atom is -0.480 e. The molecule has 0 amide bonds. The van der Waals surface area contributed by atoms with Gasteiger partial charge in [-0.05, 0) is 17.7 Å². The number of carboxylic acids is 1. The molecule has 82 valence electrons. The minimum absolute atomic E-state index is 0.243. The van der Waals surface area contributed by atoms with E-state index in [9.17, 15) is 13.2 Å². The summed E-state index contributed by atoms with van der Waals surface area (Å²) in [7, 11) is -3.56. The third kappa shape index (κ3) is 4.44. The Morgan fingerprint density at radius 2 is 1.80 bits per heavy atom. The second-order valence-electron chi connectivity index (χ2n) is 3.05. The maximum atomic E-state index is 11.3. The molecule has 0 saturated carbocycles. The minimum atomic E-state index is -3.56. The second-order valence-corrected chi connectivity index (χ2v) is 6.03. The highest BCUT2D eigenvalue weighted by Crippen LogP contribution is 2.12. The fourth-order valence-corrected chi connectivity index (χ4v) is 2.52. The Bertz CT molecular complexity index is 450. The van der Waals surface area contributed by atoms with E-state index in [1.165, 1.54) is 0 Å². The van der Waals surface area contributed by atoms with E-state index in [-0.39, 0.29) is 5.75 Å². The van der Waals surface area contributed by atoms with E-state index in [1.807, 2.05) is 0 Å². The summed E-state index contributed by atoms with van der Waals surface area (Å²) in [5.41, 5.74) is 0.583. The summed E-state index contributed by atoms with van der Waals surface area (Å²) in [5, 5.41) is 8.38. The van der Waals surface area contributed by atoms with Crippen LogP contribution in [0, 0.1) is 0 Å². The van der Waals surface area contributed by atoms with Gasteiger partial charge in [0.1, 0.15) is 5.75 Å². The SMILES string of the molecule is O=C(O)CS(=O)(=O)Cc1ccc(Br)cc1. The van der Waals surface area contributed by atoms with Gasteiger partial charge in [0.2, 0.25) is 0 Å². The number of benzene rings is 1. The molecule has 4 nitrogen and oxygen atoms in total. The van der Waals surface area contributed by atoms with Gasteiger partial charge in [0.25, 0.3) is 0 Å². The average molecular weight is 293 g/mol. The molecule has 15 heavy (non-hydrogen) atoms. The molecule has 0 unspecified atom stereocenters. The van der Waals surface area contributed by atoms with E-state index < -0.39 is 21.6 Å². The van der Waals surface area contributed by atoms with Gasteiger partial charge in [-0.3, -0.25) is 4.79 Å². The molecule has 0 aliphatic carbocycles. The van der Waals surface area contributed by atoms with Gasteiger partial charge in [0.15, 0.2) is 9.84 Å². The van der Waals surface area contributed by atoms with Crippen LogP contribution in [0.3, 0.4) is 0 Å². The molecular weight excluding hydrogens is 284 g/mol. The lowest BCUT2D eigenvalue weighted by atomic mass is 10.2. The molecule has 0 heterocycles. The van der Waals surface area contributed by atoms with Gasteiger partial charge in [-0.2, -0.15) is 0 Å². The fraction of sp³-hybridized carbons (Fsp3) is 0.222. The highest BCUT2D eigenvalue weighted by atomic mass is 79.9. The first-order valence-corrected chi connectivity index (χ1v) is 6.67. The Balaban J connectivity index is 2.78. The third-order valence-electron chi connectivity index (χ3n) is 1.64. The number of aliphatic carboxylic acids is 1. The molecule has 6 heteroatoms. The predicted octanol–water partition coefficient (Wildman–Crippen LogP) is 1.45. The zero-order valence-electron chi connectivity index (χ0n) is 7.68. The highest BCUT2D eigenvalue weighted by molar-refractivity contribution is 9.10. The molecule has 0 saturated heterocycles. The van der Waals surface area contributed by atoms with Crippen LogP contribution in [-0.4, -0.2) is 25.2 Å². The van der Waals surface area contributed by atoms with Crippen LogP contribution in [0.4, 0.5) is 0 Å². The smallest absolute Gasteiger partial charge is 0.318 e. The van der Waals surface area contributed by atoms with Gasteiger partial charge in [-0.15, -0.1) is 0 Å². The molecular formula is C9H9BrO4S. The number of carboxylic acid groups (broad SMARTS) is 1. The van der Waals surface area contributed by atoms with Crippen molar-refractivity contribution in [3.05, 3.63) is 34.3 Å². The van der Waals surface area contributed by atoms with Gasteiger partial charge in [-0.25, -0.2) is 8.42 Å². The van der Waals surface area contributed by atoms with Crippen molar-refractivity contribution in [1.29, 1.82) is 0 Å². The number of hydrogen-bond acceptors (Lipinski definition) is 3. The van der Waals surface area contributed by atoms with Crippen LogP contribution in [0.2, 0.25) is 0 Å². The molecule has 0 aromatic heterocycles. The summed E-state index contributed by atoms with van der Waals surface area (Å²) in [4.78, 5) is 10.3. The predicted molar refractivity (Wildman–Crippen MR) is 59.3 cm³/mol. The van der Waals surface area contributed by atoms with E-state index in [2.05, 4.69) is 15.9 Å². The highest BCUT2D eigenvalue weighted by Gasteiger charge is 2.16. The fourth-order valence-electron chi connectivity index (χ4n) is 1.07. The van der Waals surface area contributed by atoms with Gasteiger partial charge in [-0.1, -0.05) is 28.1 Å². The number of hydrogen-bond donors (Lipinski definition) is 1. The van der Waals surface area contributed by atoms with Crippen LogP contribution in [0.15, 0.2) is 28.7 Å². The molecule has 1 aromatic rings. The summed E-state index contributed by atoms with van der Waals surface area (Å²) in [6.45, 7) is 0. The van der Waals surface area contributed by atoms with Crippen LogP contribution in [-0.2, 0) is 20.4 Å². The topological polar surface area (TPSA) is 71.4 Å². The molecule has 0 spiro atoms. The van der Waals surface area contributed by atoms with E-state index >= 15 is 0 Å². The van der Waals surface area contributed by atoms with Crippen molar-refractivity contribution in [2.45, 2.75) is 5.75 Å². The lowest BCUT2D eigenvalue weighted by molar-refractivity contribution is -0.134. The van der Waals surface area contributed by atoms with Crippen molar-refractivity contribution >= 4 is 31.7 Å². The Hall–Kier alpha value is -0.880. The molecule has 0 atom stereocenters. The van der Waals surface area contributed by atoms with Gasteiger partial charge < -0.3 is 5.11 Å². The van der Waals surface area contributed by atoms with Crippen molar-refractivity contribution in [1.82, 2.24) is 0 Å². The van der Waals surface area contributed by atoms with Crippen molar-refractivity contribution in [2.75, 3.05) is 5.75 Å². The van der Waals surface area contributed by atoms with Gasteiger partial charge in [0, 0.05) is 4.47 Å². The summed E-state index contributed by atoms with van der Waals surface area (Å²) >= 11 is 3.22. The van der Waals surface area contributed by atoms with Crippen molar-refractivity contribution in [3.8, 4) is 0 Å². The molecule has 0 bridgehead atoms. The zero-order chi connectivity index (χ0) is 11.5. The van der Waals surface area contributed by atoms with E-state index in [4.69, 9.17) is 5.11 Å². The van der Waals surface area contributed by atoms with E-state index in [0.717, 1.165) is 4.47 Å². The van der Waals surface area contributed by atoms with E-state index in [1.54, 1.807) is 24.3 Å². The largest absolute Gasteiger partial charge is 0.480 e. The Morgan fingerprint density at radius 3 is 2.27 bits per heavy atom. The number of rotatable bonds is 4. The monoisotopic (exact) mass is 292 g/mol. The summed E-state index contributed by atoms with van der Waals surface area (Å²) in [5.74, 6) is -2.40. The van der Waals surface area contributed by atoms with Crippen molar-refractivity contribution in [2.24, 2.45) is 0 Å². The Labute approximate surface area is 96.0 Å². The van der Waals surface area contributed by atoms with Crippen LogP contribution < -0.4 is 0 Å². The Morgan fingerprint density at radius 1 is 1.27 bits per heavy atom. The number of sulfone groups is 1. The normalized spacial score (nSPS) is 11.3. The molecule has 0 fully saturated rings. The first kappa shape index (κ1) is 12.2.